The number of nitrogen functional groups attached to an aromatic ring is 1. The molecule has 94 valence electrons. The van der Waals surface area contributed by atoms with Gasteiger partial charge < -0.3 is 15.5 Å². The van der Waals surface area contributed by atoms with Gasteiger partial charge in [-0.15, -0.1) is 0 Å². The van der Waals surface area contributed by atoms with Gasteiger partial charge in [0.2, 0.25) is 17.8 Å². The fourth-order valence-corrected chi connectivity index (χ4v) is 2.99. The third-order valence-electron chi connectivity index (χ3n) is 2.80. The van der Waals surface area contributed by atoms with Gasteiger partial charge in [0.1, 0.15) is 0 Å². The van der Waals surface area contributed by atoms with Crippen LogP contribution in [-0.2, 0) is 0 Å². The lowest BCUT2D eigenvalue weighted by molar-refractivity contribution is 0.679. The lowest BCUT2D eigenvalue weighted by Gasteiger charge is -2.24. The monoisotopic (exact) mass is 254 g/mol. The molecule has 6 nitrogen and oxygen atoms in total. The van der Waals surface area contributed by atoms with Crippen LogP contribution >= 0.6 is 11.8 Å². The number of anilines is 3. The molecule has 0 aliphatic carbocycles. The molecule has 1 atom stereocenters. The first kappa shape index (κ1) is 12.2. The first-order valence-corrected chi connectivity index (χ1v) is 6.73. The predicted molar refractivity (Wildman–Crippen MR) is 72.7 cm³/mol. The van der Waals surface area contributed by atoms with Gasteiger partial charge in [-0.25, -0.2) is 0 Å². The summed E-state index contributed by atoms with van der Waals surface area (Å²) < 4.78 is 0. The van der Waals surface area contributed by atoms with Gasteiger partial charge in [0.05, 0.1) is 0 Å². The second-order valence-corrected chi connectivity index (χ2v) is 5.47. The molecule has 7 heteroatoms. The summed E-state index contributed by atoms with van der Waals surface area (Å²) in [6.45, 7) is 0. The summed E-state index contributed by atoms with van der Waals surface area (Å²) in [7, 11) is 5.80. The highest BCUT2D eigenvalue weighted by Crippen LogP contribution is 2.24. The zero-order valence-corrected chi connectivity index (χ0v) is 11.2. The molecule has 1 aliphatic heterocycles. The summed E-state index contributed by atoms with van der Waals surface area (Å²) >= 11 is 1.97. The van der Waals surface area contributed by atoms with E-state index in [1.807, 2.05) is 37.8 Å². The molecule has 1 saturated heterocycles. The largest absolute Gasteiger partial charge is 0.368 e. The molecular weight excluding hydrogens is 236 g/mol. The predicted octanol–water partition coefficient (Wildman–Crippen LogP) is 0.461. The SMILES string of the molecule is CN(C)c1nc(N)nc(N(C)C2CCSC2)n1. The van der Waals surface area contributed by atoms with Crippen LogP contribution in [0.15, 0.2) is 0 Å². The van der Waals surface area contributed by atoms with Crippen LogP contribution in [0.1, 0.15) is 6.42 Å². The van der Waals surface area contributed by atoms with Gasteiger partial charge in [-0.3, -0.25) is 0 Å². The van der Waals surface area contributed by atoms with Gasteiger partial charge >= 0.3 is 0 Å². The van der Waals surface area contributed by atoms with Crippen molar-refractivity contribution in [1.82, 2.24) is 15.0 Å². The van der Waals surface area contributed by atoms with E-state index < -0.39 is 0 Å². The van der Waals surface area contributed by atoms with Crippen LogP contribution < -0.4 is 15.5 Å². The minimum Gasteiger partial charge on any atom is -0.368 e. The maximum atomic E-state index is 5.71. The first-order valence-electron chi connectivity index (χ1n) is 5.57. The molecule has 1 unspecified atom stereocenters. The van der Waals surface area contributed by atoms with Crippen LogP contribution in [0.5, 0.6) is 0 Å². The number of hydrogen-bond acceptors (Lipinski definition) is 7. The third-order valence-corrected chi connectivity index (χ3v) is 3.94. The van der Waals surface area contributed by atoms with E-state index >= 15 is 0 Å². The van der Waals surface area contributed by atoms with Crippen LogP contribution in [-0.4, -0.2) is 53.6 Å². The summed E-state index contributed by atoms with van der Waals surface area (Å²) in [5.41, 5.74) is 5.71. The Morgan fingerprint density at radius 1 is 1.18 bits per heavy atom. The lowest BCUT2D eigenvalue weighted by Crippen LogP contribution is -2.33. The molecule has 1 aliphatic rings. The summed E-state index contributed by atoms with van der Waals surface area (Å²) in [5.74, 6) is 3.87. The zero-order valence-electron chi connectivity index (χ0n) is 10.4. The Hall–Kier alpha value is -1.24. The molecule has 2 rings (SSSR count). The van der Waals surface area contributed by atoms with Crippen molar-refractivity contribution in [1.29, 1.82) is 0 Å². The smallest absolute Gasteiger partial charge is 0.231 e. The Kier molecular flexibility index (Phi) is 3.56. The quantitative estimate of drug-likeness (QED) is 0.840. The van der Waals surface area contributed by atoms with Gasteiger partial charge in [0.25, 0.3) is 0 Å². The highest BCUT2D eigenvalue weighted by Gasteiger charge is 2.22. The highest BCUT2D eigenvalue weighted by molar-refractivity contribution is 7.99. The number of nitrogens with zero attached hydrogens (tertiary/aromatic N) is 5. The van der Waals surface area contributed by atoms with Crippen molar-refractivity contribution < 1.29 is 0 Å². The molecule has 0 spiro atoms. The van der Waals surface area contributed by atoms with Crippen molar-refractivity contribution in [2.24, 2.45) is 0 Å². The summed E-state index contributed by atoms with van der Waals surface area (Å²) in [6.07, 6.45) is 1.17. The van der Waals surface area contributed by atoms with Crippen LogP contribution in [0.3, 0.4) is 0 Å². The van der Waals surface area contributed by atoms with Crippen molar-refractivity contribution in [3.8, 4) is 0 Å². The number of hydrogen-bond donors (Lipinski definition) is 1. The average molecular weight is 254 g/mol. The van der Waals surface area contributed by atoms with Crippen LogP contribution in [0.4, 0.5) is 17.8 Å². The Morgan fingerprint density at radius 2 is 1.88 bits per heavy atom. The zero-order chi connectivity index (χ0) is 12.4. The molecule has 17 heavy (non-hydrogen) atoms. The molecule has 1 aromatic heterocycles. The van der Waals surface area contributed by atoms with Crippen LogP contribution in [0, 0.1) is 0 Å². The van der Waals surface area contributed by atoms with Gasteiger partial charge in [0.15, 0.2) is 0 Å². The number of thioether (sulfide) groups is 1. The summed E-state index contributed by atoms with van der Waals surface area (Å²) in [5, 5.41) is 0. The Balaban J connectivity index is 2.24. The Labute approximate surface area is 106 Å². The maximum Gasteiger partial charge on any atom is 0.231 e. The topological polar surface area (TPSA) is 71.2 Å². The molecule has 0 radical (unpaired) electrons. The molecule has 0 saturated carbocycles. The van der Waals surface area contributed by atoms with E-state index in [2.05, 4.69) is 19.9 Å². The molecule has 1 fully saturated rings. The highest BCUT2D eigenvalue weighted by atomic mass is 32.2. The first-order chi connectivity index (χ1) is 8.08. The molecule has 2 heterocycles. The van der Waals surface area contributed by atoms with E-state index in [0.29, 0.717) is 17.9 Å². The van der Waals surface area contributed by atoms with E-state index in [1.165, 1.54) is 12.2 Å². The number of rotatable bonds is 3. The Morgan fingerprint density at radius 3 is 2.47 bits per heavy atom. The molecule has 0 amide bonds. The van der Waals surface area contributed by atoms with Crippen LogP contribution in [0.2, 0.25) is 0 Å². The fourth-order valence-electron chi connectivity index (χ4n) is 1.72. The second-order valence-electron chi connectivity index (χ2n) is 4.32. The van der Waals surface area contributed by atoms with Crippen molar-refractivity contribution >= 4 is 29.6 Å². The van der Waals surface area contributed by atoms with E-state index in [9.17, 15) is 0 Å². The maximum absolute atomic E-state index is 5.71. The van der Waals surface area contributed by atoms with Crippen molar-refractivity contribution in [2.45, 2.75) is 12.5 Å². The van der Waals surface area contributed by atoms with E-state index in [4.69, 9.17) is 5.73 Å². The molecule has 0 aromatic carbocycles. The molecule has 0 bridgehead atoms. The van der Waals surface area contributed by atoms with Gasteiger partial charge in [0, 0.05) is 32.9 Å². The van der Waals surface area contributed by atoms with Crippen LogP contribution in [0.25, 0.3) is 0 Å². The lowest BCUT2D eigenvalue weighted by atomic mass is 10.2. The van der Waals surface area contributed by atoms with Crippen molar-refractivity contribution in [3.05, 3.63) is 0 Å². The van der Waals surface area contributed by atoms with Gasteiger partial charge in [-0.1, -0.05) is 0 Å². The summed E-state index contributed by atoms with van der Waals surface area (Å²) in [6, 6.07) is 0.497. The average Bonchev–Trinajstić information content (AvgIpc) is 2.80. The minimum absolute atomic E-state index is 0.274. The van der Waals surface area contributed by atoms with Crippen molar-refractivity contribution in [3.63, 3.8) is 0 Å². The summed E-state index contributed by atoms with van der Waals surface area (Å²) in [4.78, 5) is 16.7. The normalized spacial score (nSPS) is 19.4. The molecule has 2 N–H and O–H groups in total. The second kappa shape index (κ2) is 4.95. The fraction of sp³-hybridized carbons (Fsp3) is 0.700. The number of nitrogens with two attached hydrogens (primary N) is 1. The number of aromatic nitrogens is 3. The molecular formula is C10H18N6S. The van der Waals surface area contributed by atoms with E-state index in [0.717, 1.165) is 5.75 Å². The molecule has 1 aromatic rings. The van der Waals surface area contributed by atoms with Gasteiger partial charge in [-0.05, 0) is 12.2 Å². The Bertz CT molecular complexity index is 390. The third kappa shape index (κ3) is 2.71. The van der Waals surface area contributed by atoms with Gasteiger partial charge in [-0.2, -0.15) is 26.7 Å². The minimum atomic E-state index is 0.274. The van der Waals surface area contributed by atoms with E-state index in [1.54, 1.807) is 0 Å². The standard InChI is InChI=1S/C10H18N6S/c1-15(2)9-12-8(11)13-10(14-9)16(3)7-4-5-17-6-7/h7H,4-6H2,1-3H3,(H2,11,12,13,14). The van der Waals surface area contributed by atoms with E-state index in [-0.39, 0.29) is 5.95 Å². The van der Waals surface area contributed by atoms with Crippen molar-refractivity contribution in [2.75, 3.05) is 48.2 Å².